The summed E-state index contributed by atoms with van der Waals surface area (Å²) in [4.78, 5) is 20.1. The Labute approximate surface area is 123 Å². The summed E-state index contributed by atoms with van der Waals surface area (Å²) in [6.45, 7) is 6.91. The minimum absolute atomic E-state index is 0.0625. The molecule has 0 aromatic heterocycles. The SMILES string of the molecule is CC(=O)CC(C)=O.CCNC.CNCc1ccccc1. The fraction of sp³-hybridized carbons (Fsp3) is 0.500. The van der Waals surface area contributed by atoms with Gasteiger partial charge in [0.15, 0.2) is 0 Å². The highest BCUT2D eigenvalue weighted by Gasteiger charge is 1.94. The molecule has 0 spiro atoms. The summed E-state index contributed by atoms with van der Waals surface area (Å²) in [5.41, 5.74) is 1.33. The molecule has 114 valence electrons. The third-order valence-electron chi connectivity index (χ3n) is 2.08. The molecule has 4 heteroatoms. The Hall–Kier alpha value is -1.52. The third kappa shape index (κ3) is 18.8. The summed E-state index contributed by atoms with van der Waals surface area (Å²) in [5.74, 6) is -0.125. The van der Waals surface area contributed by atoms with Crippen LogP contribution in [0.5, 0.6) is 0 Å². The lowest BCUT2D eigenvalue weighted by Crippen LogP contribution is -2.04. The van der Waals surface area contributed by atoms with E-state index >= 15 is 0 Å². The van der Waals surface area contributed by atoms with E-state index in [1.54, 1.807) is 0 Å². The average molecular weight is 280 g/mol. The molecule has 0 radical (unpaired) electrons. The van der Waals surface area contributed by atoms with Gasteiger partial charge in [0.2, 0.25) is 0 Å². The fourth-order valence-electron chi connectivity index (χ4n) is 1.15. The standard InChI is InChI=1S/C8H11N.C5H8O2.C3H9N/c1-9-7-8-5-3-2-4-6-8;1-4(6)3-5(2)7;1-3-4-2/h2-6,9H,7H2,1H3;3H2,1-2H3;4H,3H2,1-2H3. The lowest BCUT2D eigenvalue weighted by atomic mass is 10.2. The Kier molecular flexibility index (Phi) is 16.2. The molecule has 0 bridgehead atoms. The first-order valence-electron chi connectivity index (χ1n) is 6.79. The molecule has 0 atom stereocenters. The van der Waals surface area contributed by atoms with Crippen LogP contribution in [0.25, 0.3) is 0 Å². The van der Waals surface area contributed by atoms with E-state index in [9.17, 15) is 9.59 Å². The van der Waals surface area contributed by atoms with Crippen LogP contribution in [-0.4, -0.2) is 32.2 Å². The van der Waals surface area contributed by atoms with Gasteiger partial charge in [-0.05, 0) is 40.1 Å². The molecule has 1 aromatic rings. The zero-order chi connectivity index (χ0) is 15.8. The zero-order valence-corrected chi connectivity index (χ0v) is 13.3. The maximum Gasteiger partial charge on any atom is 0.137 e. The van der Waals surface area contributed by atoms with E-state index < -0.39 is 0 Å². The summed E-state index contributed by atoms with van der Waals surface area (Å²) in [7, 11) is 3.88. The van der Waals surface area contributed by atoms with Crippen molar-refractivity contribution in [3.8, 4) is 0 Å². The average Bonchev–Trinajstić information content (AvgIpc) is 2.40. The summed E-state index contributed by atoms with van der Waals surface area (Å²) in [6, 6.07) is 10.3. The molecule has 0 aliphatic carbocycles. The Morgan fingerprint density at radius 1 is 0.950 bits per heavy atom. The number of hydrogen-bond acceptors (Lipinski definition) is 4. The first-order chi connectivity index (χ1) is 9.47. The van der Waals surface area contributed by atoms with Crippen LogP contribution in [0, 0.1) is 0 Å². The van der Waals surface area contributed by atoms with Gasteiger partial charge in [-0.2, -0.15) is 0 Å². The molecule has 20 heavy (non-hydrogen) atoms. The number of nitrogens with one attached hydrogen (secondary N) is 2. The quantitative estimate of drug-likeness (QED) is 0.812. The van der Waals surface area contributed by atoms with Crippen LogP contribution < -0.4 is 10.6 Å². The van der Waals surface area contributed by atoms with Gasteiger partial charge in [0, 0.05) is 6.54 Å². The molecule has 0 amide bonds. The Morgan fingerprint density at radius 2 is 1.40 bits per heavy atom. The van der Waals surface area contributed by atoms with Gasteiger partial charge in [-0.3, -0.25) is 9.59 Å². The lowest BCUT2D eigenvalue weighted by Gasteiger charge is -1.95. The first kappa shape index (κ1) is 20.8. The van der Waals surface area contributed by atoms with Crippen molar-refractivity contribution in [2.24, 2.45) is 0 Å². The minimum atomic E-state index is -0.0625. The summed E-state index contributed by atoms with van der Waals surface area (Å²) in [5, 5.41) is 6.01. The molecule has 0 saturated heterocycles. The number of carbonyl (C=O) groups is 2. The summed E-state index contributed by atoms with van der Waals surface area (Å²) in [6.07, 6.45) is 0.0833. The van der Waals surface area contributed by atoms with Gasteiger partial charge in [-0.1, -0.05) is 37.3 Å². The number of benzene rings is 1. The molecule has 0 fully saturated rings. The predicted molar refractivity (Wildman–Crippen MR) is 84.8 cm³/mol. The number of rotatable bonds is 5. The molecular weight excluding hydrogens is 252 g/mol. The van der Waals surface area contributed by atoms with E-state index in [4.69, 9.17) is 0 Å². The first-order valence-corrected chi connectivity index (χ1v) is 6.79. The molecular formula is C16H28N2O2. The second kappa shape index (κ2) is 15.5. The largest absolute Gasteiger partial charge is 0.320 e. The molecule has 0 heterocycles. The van der Waals surface area contributed by atoms with Crippen molar-refractivity contribution in [3.63, 3.8) is 0 Å². The zero-order valence-electron chi connectivity index (χ0n) is 13.3. The van der Waals surface area contributed by atoms with Crippen LogP contribution in [0.2, 0.25) is 0 Å². The van der Waals surface area contributed by atoms with Crippen molar-refractivity contribution >= 4 is 11.6 Å². The van der Waals surface area contributed by atoms with E-state index in [1.807, 2.05) is 32.3 Å². The van der Waals surface area contributed by atoms with Gasteiger partial charge >= 0.3 is 0 Å². The van der Waals surface area contributed by atoms with Gasteiger partial charge in [0.1, 0.15) is 11.6 Å². The normalized spacial score (nSPS) is 8.65. The molecule has 1 rings (SSSR count). The molecule has 1 aromatic carbocycles. The summed E-state index contributed by atoms with van der Waals surface area (Å²) < 4.78 is 0. The Morgan fingerprint density at radius 3 is 1.65 bits per heavy atom. The third-order valence-corrected chi connectivity index (χ3v) is 2.08. The number of Topliss-reactive ketones (excluding diaryl/α,β-unsaturated/α-hetero) is 2. The minimum Gasteiger partial charge on any atom is -0.320 e. The van der Waals surface area contributed by atoms with E-state index in [0.717, 1.165) is 13.1 Å². The van der Waals surface area contributed by atoms with Crippen LogP contribution in [0.1, 0.15) is 32.8 Å². The van der Waals surface area contributed by atoms with Gasteiger partial charge in [-0.15, -0.1) is 0 Å². The van der Waals surface area contributed by atoms with Crippen LogP contribution in [0.15, 0.2) is 30.3 Å². The smallest absolute Gasteiger partial charge is 0.137 e. The molecule has 2 N–H and O–H groups in total. The van der Waals surface area contributed by atoms with E-state index in [0.29, 0.717) is 0 Å². The Balaban J connectivity index is 0. The van der Waals surface area contributed by atoms with Crippen molar-refractivity contribution in [1.82, 2.24) is 10.6 Å². The van der Waals surface area contributed by atoms with Gasteiger partial charge in [0.25, 0.3) is 0 Å². The van der Waals surface area contributed by atoms with Gasteiger partial charge in [-0.25, -0.2) is 0 Å². The number of ketones is 2. The molecule has 4 nitrogen and oxygen atoms in total. The van der Waals surface area contributed by atoms with Crippen LogP contribution in [0.3, 0.4) is 0 Å². The van der Waals surface area contributed by atoms with E-state index in [-0.39, 0.29) is 18.0 Å². The van der Waals surface area contributed by atoms with Crippen LogP contribution in [0.4, 0.5) is 0 Å². The Bertz CT molecular complexity index is 337. The van der Waals surface area contributed by atoms with Crippen molar-refractivity contribution in [2.75, 3.05) is 20.6 Å². The van der Waals surface area contributed by atoms with Crippen molar-refractivity contribution < 1.29 is 9.59 Å². The molecule has 0 aliphatic rings. The molecule has 0 saturated carbocycles. The highest BCUT2D eigenvalue weighted by atomic mass is 16.1. The van der Waals surface area contributed by atoms with Gasteiger partial charge < -0.3 is 10.6 Å². The molecule has 0 unspecified atom stereocenters. The fourth-order valence-corrected chi connectivity index (χ4v) is 1.15. The monoisotopic (exact) mass is 280 g/mol. The second-order valence-corrected chi connectivity index (χ2v) is 4.30. The number of carbonyl (C=O) groups excluding carboxylic acids is 2. The highest BCUT2D eigenvalue weighted by molar-refractivity contribution is 5.96. The topological polar surface area (TPSA) is 58.2 Å². The van der Waals surface area contributed by atoms with Crippen molar-refractivity contribution in [3.05, 3.63) is 35.9 Å². The van der Waals surface area contributed by atoms with E-state index in [1.165, 1.54) is 19.4 Å². The van der Waals surface area contributed by atoms with Crippen LogP contribution in [-0.2, 0) is 16.1 Å². The van der Waals surface area contributed by atoms with Crippen molar-refractivity contribution in [1.29, 1.82) is 0 Å². The lowest BCUT2D eigenvalue weighted by molar-refractivity contribution is -0.124. The summed E-state index contributed by atoms with van der Waals surface area (Å²) >= 11 is 0. The van der Waals surface area contributed by atoms with E-state index in [2.05, 4.69) is 29.7 Å². The maximum absolute atomic E-state index is 10.0. The number of hydrogen-bond donors (Lipinski definition) is 2. The highest BCUT2D eigenvalue weighted by Crippen LogP contribution is 1.95. The maximum atomic E-state index is 10.0. The molecule has 0 aliphatic heterocycles. The van der Waals surface area contributed by atoms with Crippen molar-refractivity contribution in [2.45, 2.75) is 33.7 Å². The second-order valence-electron chi connectivity index (χ2n) is 4.30. The van der Waals surface area contributed by atoms with Crippen LogP contribution >= 0.6 is 0 Å². The predicted octanol–water partition coefficient (Wildman–Crippen LogP) is 2.19. The van der Waals surface area contributed by atoms with Gasteiger partial charge in [0.05, 0.1) is 6.42 Å².